The summed E-state index contributed by atoms with van der Waals surface area (Å²) in [5, 5.41) is 3.23. The molecule has 0 radical (unpaired) electrons. The Hall–Kier alpha value is -0.630. The summed E-state index contributed by atoms with van der Waals surface area (Å²) in [6.07, 6.45) is 0. The first-order valence-electron chi connectivity index (χ1n) is 6.82. The lowest BCUT2D eigenvalue weighted by atomic mass is 10.2. The molecule has 1 atom stereocenters. The zero-order valence-electron chi connectivity index (χ0n) is 12.3. The standard InChI is InChI=1S/C14H19BrN2O3S.ClH/c1-11-8-17(7-6-16-11)14(18)10-21(19,20)9-12-2-4-13(15)5-3-12;/h2-5,11,16H,6-10H2,1H3;1H. The fourth-order valence-corrected chi connectivity index (χ4v) is 3.95. The molecule has 0 aliphatic carbocycles. The number of halogens is 2. The van der Waals surface area contributed by atoms with E-state index in [1.54, 1.807) is 29.2 Å². The minimum atomic E-state index is -3.44. The fraction of sp³-hybridized carbons (Fsp3) is 0.500. The molecule has 1 aliphatic rings. The van der Waals surface area contributed by atoms with E-state index in [0.29, 0.717) is 25.2 Å². The van der Waals surface area contributed by atoms with Gasteiger partial charge in [-0.05, 0) is 24.6 Å². The minimum Gasteiger partial charge on any atom is -0.339 e. The SMILES string of the molecule is CC1CN(C(=O)CS(=O)(=O)Cc2ccc(Br)cc2)CCN1.Cl. The number of sulfone groups is 1. The second-order valence-corrected chi connectivity index (χ2v) is 8.33. The molecule has 0 saturated carbocycles. The summed E-state index contributed by atoms with van der Waals surface area (Å²) in [6, 6.07) is 7.30. The van der Waals surface area contributed by atoms with Crippen molar-refractivity contribution in [3.05, 3.63) is 34.3 Å². The molecule has 0 bridgehead atoms. The van der Waals surface area contributed by atoms with E-state index >= 15 is 0 Å². The van der Waals surface area contributed by atoms with Crippen LogP contribution in [0.2, 0.25) is 0 Å². The number of hydrogen-bond acceptors (Lipinski definition) is 4. The van der Waals surface area contributed by atoms with Crippen molar-refractivity contribution in [3.63, 3.8) is 0 Å². The van der Waals surface area contributed by atoms with Crippen molar-refractivity contribution in [3.8, 4) is 0 Å². The number of piperazine rings is 1. The Morgan fingerprint density at radius 2 is 2.00 bits per heavy atom. The number of amides is 1. The molecule has 2 rings (SSSR count). The number of carbonyl (C=O) groups is 1. The van der Waals surface area contributed by atoms with Crippen LogP contribution in [0.1, 0.15) is 12.5 Å². The molecule has 1 unspecified atom stereocenters. The van der Waals surface area contributed by atoms with Gasteiger partial charge in [0, 0.05) is 30.1 Å². The maximum Gasteiger partial charge on any atom is 0.237 e. The molecule has 1 aromatic carbocycles. The second kappa shape index (κ2) is 8.29. The number of hydrogen-bond donors (Lipinski definition) is 1. The highest BCUT2D eigenvalue weighted by Gasteiger charge is 2.25. The second-order valence-electron chi connectivity index (χ2n) is 5.35. The quantitative estimate of drug-likeness (QED) is 0.817. The molecule has 5 nitrogen and oxygen atoms in total. The van der Waals surface area contributed by atoms with Crippen molar-refractivity contribution in [2.75, 3.05) is 25.4 Å². The van der Waals surface area contributed by atoms with Gasteiger partial charge in [0.15, 0.2) is 9.84 Å². The van der Waals surface area contributed by atoms with Gasteiger partial charge in [0.05, 0.1) is 5.75 Å². The molecular weight excluding hydrogens is 392 g/mol. The van der Waals surface area contributed by atoms with Crippen LogP contribution in [-0.4, -0.2) is 50.7 Å². The van der Waals surface area contributed by atoms with Gasteiger partial charge in [-0.15, -0.1) is 12.4 Å². The average molecular weight is 412 g/mol. The maximum absolute atomic E-state index is 12.1. The van der Waals surface area contributed by atoms with E-state index in [1.165, 1.54) is 0 Å². The van der Waals surface area contributed by atoms with Crippen molar-refractivity contribution in [1.29, 1.82) is 0 Å². The highest BCUT2D eigenvalue weighted by Crippen LogP contribution is 2.13. The maximum atomic E-state index is 12.1. The monoisotopic (exact) mass is 410 g/mol. The number of nitrogens with zero attached hydrogens (tertiary/aromatic N) is 1. The van der Waals surface area contributed by atoms with Crippen LogP contribution in [0.15, 0.2) is 28.7 Å². The van der Waals surface area contributed by atoms with E-state index in [-0.39, 0.29) is 30.1 Å². The molecule has 22 heavy (non-hydrogen) atoms. The highest BCUT2D eigenvalue weighted by molar-refractivity contribution is 9.10. The van der Waals surface area contributed by atoms with Gasteiger partial charge in [-0.2, -0.15) is 0 Å². The van der Waals surface area contributed by atoms with Crippen LogP contribution in [0.4, 0.5) is 0 Å². The molecule has 0 aromatic heterocycles. The molecule has 1 N–H and O–H groups in total. The van der Waals surface area contributed by atoms with E-state index in [2.05, 4.69) is 21.2 Å². The summed E-state index contributed by atoms with van der Waals surface area (Å²) in [6.45, 7) is 3.82. The zero-order chi connectivity index (χ0) is 15.5. The Kier molecular flexibility index (Phi) is 7.31. The van der Waals surface area contributed by atoms with Gasteiger partial charge < -0.3 is 10.2 Å². The lowest BCUT2D eigenvalue weighted by Gasteiger charge is -2.31. The normalized spacial score (nSPS) is 18.6. The predicted molar refractivity (Wildman–Crippen MR) is 92.9 cm³/mol. The lowest BCUT2D eigenvalue weighted by Crippen LogP contribution is -2.52. The lowest BCUT2D eigenvalue weighted by molar-refractivity contribution is -0.129. The Morgan fingerprint density at radius 3 is 2.59 bits per heavy atom. The van der Waals surface area contributed by atoms with Crippen LogP contribution in [0.3, 0.4) is 0 Å². The number of benzene rings is 1. The van der Waals surface area contributed by atoms with Crippen molar-refractivity contribution < 1.29 is 13.2 Å². The fourth-order valence-electron chi connectivity index (χ4n) is 2.32. The molecule has 1 amide bonds. The first-order chi connectivity index (χ1) is 9.85. The third-order valence-corrected chi connectivity index (χ3v) is 5.35. The van der Waals surface area contributed by atoms with E-state index in [9.17, 15) is 13.2 Å². The summed E-state index contributed by atoms with van der Waals surface area (Å²) in [5.74, 6) is -0.829. The third-order valence-electron chi connectivity index (χ3n) is 3.36. The predicted octanol–water partition coefficient (Wildman–Crippen LogP) is 1.61. The Balaban J connectivity index is 0.00000242. The number of carbonyl (C=O) groups excluding carboxylic acids is 1. The summed E-state index contributed by atoms with van der Waals surface area (Å²) in [4.78, 5) is 13.7. The van der Waals surface area contributed by atoms with E-state index in [1.807, 2.05) is 6.92 Å². The van der Waals surface area contributed by atoms with Gasteiger partial charge in [-0.25, -0.2) is 8.42 Å². The molecule has 1 aromatic rings. The van der Waals surface area contributed by atoms with E-state index in [4.69, 9.17) is 0 Å². The van der Waals surface area contributed by atoms with Gasteiger partial charge in [-0.1, -0.05) is 28.1 Å². The van der Waals surface area contributed by atoms with Crippen LogP contribution < -0.4 is 5.32 Å². The summed E-state index contributed by atoms with van der Waals surface area (Å²) >= 11 is 3.31. The first kappa shape index (κ1) is 19.4. The van der Waals surface area contributed by atoms with E-state index in [0.717, 1.165) is 4.47 Å². The molecule has 1 aliphatic heterocycles. The Labute approximate surface area is 145 Å². The van der Waals surface area contributed by atoms with Crippen LogP contribution in [-0.2, 0) is 20.4 Å². The Bertz CT molecular complexity index is 607. The topological polar surface area (TPSA) is 66.5 Å². The van der Waals surface area contributed by atoms with Gasteiger partial charge in [0.25, 0.3) is 0 Å². The summed E-state index contributed by atoms with van der Waals surface area (Å²) in [7, 11) is -3.44. The van der Waals surface area contributed by atoms with Crippen LogP contribution in [0.25, 0.3) is 0 Å². The highest BCUT2D eigenvalue weighted by atomic mass is 79.9. The average Bonchev–Trinajstić information content (AvgIpc) is 2.40. The zero-order valence-corrected chi connectivity index (χ0v) is 15.5. The van der Waals surface area contributed by atoms with Crippen LogP contribution in [0.5, 0.6) is 0 Å². The smallest absolute Gasteiger partial charge is 0.237 e. The van der Waals surface area contributed by atoms with Crippen molar-refractivity contribution in [1.82, 2.24) is 10.2 Å². The van der Waals surface area contributed by atoms with Gasteiger partial charge >= 0.3 is 0 Å². The molecule has 0 spiro atoms. The number of nitrogens with one attached hydrogen (secondary N) is 1. The Morgan fingerprint density at radius 1 is 1.36 bits per heavy atom. The molecule has 1 fully saturated rings. The third kappa shape index (κ3) is 5.87. The molecule has 124 valence electrons. The van der Waals surface area contributed by atoms with Crippen molar-refractivity contribution in [2.24, 2.45) is 0 Å². The van der Waals surface area contributed by atoms with Crippen molar-refractivity contribution >= 4 is 44.1 Å². The first-order valence-corrected chi connectivity index (χ1v) is 9.43. The van der Waals surface area contributed by atoms with Gasteiger partial charge in [0.1, 0.15) is 5.75 Å². The summed E-state index contributed by atoms with van der Waals surface area (Å²) in [5.41, 5.74) is 0.694. The van der Waals surface area contributed by atoms with Gasteiger partial charge in [0.2, 0.25) is 5.91 Å². The molecular formula is C14H20BrClN2O3S. The van der Waals surface area contributed by atoms with E-state index < -0.39 is 15.6 Å². The molecule has 1 heterocycles. The molecule has 8 heteroatoms. The number of rotatable bonds is 4. The minimum absolute atomic E-state index is 0. The van der Waals surface area contributed by atoms with Crippen LogP contribution in [0, 0.1) is 0 Å². The van der Waals surface area contributed by atoms with Crippen LogP contribution >= 0.6 is 28.3 Å². The molecule has 1 saturated heterocycles. The van der Waals surface area contributed by atoms with Gasteiger partial charge in [-0.3, -0.25) is 4.79 Å². The largest absolute Gasteiger partial charge is 0.339 e. The summed E-state index contributed by atoms with van der Waals surface area (Å²) < 4.78 is 25.2. The van der Waals surface area contributed by atoms with Crippen molar-refractivity contribution in [2.45, 2.75) is 18.7 Å².